The van der Waals surface area contributed by atoms with Gasteiger partial charge in [-0.25, -0.2) is 0 Å². The SMILES string of the molecule is COc1ccc2c(c1OC)CCCC2CN(C)CCc1cccs1.Cl. The Hall–Kier alpha value is -1.23. The molecule has 138 valence electrons. The third kappa shape index (κ3) is 4.69. The number of methoxy groups -OCH3 is 2. The number of rotatable bonds is 7. The van der Waals surface area contributed by atoms with E-state index in [1.807, 2.05) is 11.3 Å². The molecule has 1 aliphatic rings. The molecule has 1 unspecified atom stereocenters. The fourth-order valence-electron chi connectivity index (χ4n) is 3.74. The molecular formula is C20H28ClNO2S. The van der Waals surface area contributed by atoms with Crippen LogP contribution in [0.5, 0.6) is 11.5 Å². The summed E-state index contributed by atoms with van der Waals surface area (Å²) in [4.78, 5) is 3.94. The molecule has 0 amide bonds. The van der Waals surface area contributed by atoms with Crippen molar-refractivity contribution in [3.8, 4) is 11.5 Å². The van der Waals surface area contributed by atoms with Gasteiger partial charge in [-0.2, -0.15) is 0 Å². The molecule has 0 N–H and O–H groups in total. The number of benzene rings is 1. The van der Waals surface area contributed by atoms with Crippen LogP contribution in [-0.4, -0.2) is 39.3 Å². The van der Waals surface area contributed by atoms with E-state index in [1.54, 1.807) is 14.2 Å². The maximum atomic E-state index is 5.65. The summed E-state index contributed by atoms with van der Waals surface area (Å²) in [6.07, 6.45) is 4.70. The predicted octanol–water partition coefficient (Wildman–Crippen LogP) is 4.78. The Balaban J connectivity index is 0.00000225. The van der Waals surface area contributed by atoms with Gasteiger partial charge in [0.1, 0.15) is 0 Å². The van der Waals surface area contributed by atoms with Gasteiger partial charge in [-0.05, 0) is 61.7 Å². The van der Waals surface area contributed by atoms with Crippen LogP contribution in [-0.2, 0) is 12.8 Å². The Morgan fingerprint density at radius 2 is 2.04 bits per heavy atom. The van der Waals surface area contributed by atoms with Gasteiger partial charge >= 0.3 is 0 Å². The molecular weight excluding hydrogens is 354 g/mol. The molecule has 0 bridgehead atoms. The first kappa shape index (κ1) is 20.1. The second-order valence-electron chi connectivity index (χ2n) is 6.55. The minimum absolute atomic E-state index is 0. The van der Waals surface area contributed by atoms with Crippen molar-refractivity contribution in [2.75, 3.05) is 34.4 Å². The number of nitrogens with zero attached hydrogens (tertiary/aromatic N) is 1. The highest BCUT2D eigenvalue weighted by Gasteiger charge is 2.25. The standard InChI is InChI=1S/C20H27NO2S.ClH/c1-21(12-11-16-7-5-13-24-16)14-15-6-4-8-18-17(15)9-10-19(22-2)20(18)23-3;/h5,7,9-10,13,15H,4,6,8,11-12,14H2,1-3H3;1H. The van der Waals surface area contributed by atoms with Crippen molar-refractivity contribution in [1.29, 1.82) is 0 Å². The largest absolute Gasteiger partial charge is 0.493 e. The highest BCUT2D eigenvalue weighted by atomic mass is 35.5. The summed E-state index contributed by atoms with van der Waals surface area (Å²) in [6.45, 7) is 2.22. The van der Waals surface area contributed by atoms with E-state index in [9.17, 15) is 0 Å². The molecule has 3 rings (SSSR count). The molecule has 0 radical (unpaired) electrons. The Morgan fingerprint density at radius 3 is 2.72 bits per heavy atom. The van der Waals surface area contributed by atoms with Gasteiger partial charge in [-0.15, -0.1) is 23.7 Å². The first-order valence-corrected chi connectivity index (χ1v) is 9.55. The maximum absolute atomic E-state index is 5.65. The minimum atomic E-state index is 0. The summed E-state index contributed by atoms with van der Waals surface area (Å²) in [5.41, 5.74) is 2.79. The summed E-state index contributed by atoms with van der Waals surface area (Å²) in [6, 6.07) is 8.66. The number of halogens is 1. The molecule has 0 saturated heterocycles. The highest BCUT2D eigenvalue weighted by Crippen LogP contribution is 2.41. The van der Waals surface area contributed by atoms with Crippen molar-refractivity contribution < 1.29 is 9.47 Å². The molecule has 0 saturated carbocycles. The van der Waals surface area contributed by atoms with Gasteiger partial charge in [0.15, 0.2) is 11.5 Å². The van der Waals surface area contributed by atoms with Crippen LogP contribution in [0.4, 0.5) is 0 Å². The van der Waals surface area contributed by atoms with Gasteiger partial charge in [0.2, 0.25) is 0 Å². The second kappa shape index (κ2) is 9.46. The smallest absolute Gasteiger partial charge is 0.164 e. The Morgan fingerprint density at radius 1 is 1.20 bits per heavy atom. The summed E-state index contributed by atoms with van der Waals surface area (Å²) < 4.78 is 11.1. The van der Waals surface area contributed by atoms with E-state index >= 15 is 0 Å². The number of fused-ring (bicyclic) bond motifs is 1. The van der Waals surface area contributed by atoms with Crippen molar-refractivity contribution >= 4 is 23.7 Å². The summed E-state index contributed by atoms with van der Waals surface area (Å²) in [7, 11) is 5.69. The topological polar surface area (TPSA) is 21.7 Å². The zero-order chi connectivity index (χ0) is 16.9. The Kier molecular flexibility index (Phi) is 7.60. The highest BCUT2D eigenvalue weighted by molar-refractivity contribution is 7.09. The van der Waals surface area contributed by atoms with E-state index in [-0.39, 0.29) is 12.4 Å². The number of likely N-dealkylation sites (N-methyl/N-ethyl adjacent to an activating group) is 1. The van der Waals surface area contributed by atoms with Gasteiger partial charge in [0, 0.05) is 23.5 Å². The number of thiophene rings is 1. The van der Waals surface area contributed by atoms with E-state index in [1.165, 1.54) is 28.8 Å². The van der Waals surface area contributed by atoms with Crippen LogP contribution in [0.2, 0.25) is 0 Å². The van der Waals surface area contributed by atoms with Gasteiger partial charge in [-0.1, -0.05) is 12.1 Å². The van der Waals surface area contributed by atoms with E-state index in [2.05, 4.69) is 41.6 Å². The molecule has 1 aromatic carbocycles. The Labute approximate surface area is 161 Å². The maximum Gasteiger partial charge on any atom is 0.164 e. The fourth-order valence-corrected chi connectivity index (χ4v) is 4.44. The van der Waals surface area contributed by atoms with Crippen LogP contribution < -0.4 is 9.47 Å². The van der Waals surface area contributed by atoms with Crippen molar-refractivity contribution in [3.63, 3.8) is 0 Å². The lowest BCUT2D eigenvalue weighted by Gasteiger charge is -2.30. The van der Waals surface area contributed by atoms with Crippen molar-refractivity contribution in [2.24, 2.45) is 0 Å². The lowest BCUT2D eigenvalue weighted by molar-refractivity contribution is 0.298. The van der Waals surface area contributed by atoms with Gasteiger partial charge in [0.05, 0.1) is 14.2 Å². The fraction of sp³-hybridized carbons (Fsp3) is 0.500. The lowest BCUT2D eigenvalue weighted by atomic mass is 9.82. The quantitative estimate of drug-likeness (QED) is 0.688. The Bertz CT molecular complexity index is 660. The third-order valence-electron chi connectivity index (χ3n) is 4.96. The number of hydrogen-bond donors (Lipinski definition) is 0. The van der Waals surface area contributed by atoms with Crippen LogP contribution in [0.3, 0.4) is 0 Å². The molecule has 1 atom stereocenters. The van der Waals surface area contributed by atoms with Crippen LogP contribution in [0.25, 0.3) is 0 Å². The normalized spacial score (nSPS) is 16.2. The van der Waals surface area contributed by atoms with E-state index < -0.39 is 0 Å². The zero-order valence-electron chi connectivity index (χ0n) is 15.3. The van der Waals surface area contributed by atoms with Gasteiger partial charge in [0.25, 0.3) is 0 Å². The molecule has 1 aliphatic carbocycles. The third-order valence-corrected chi connectivity index (χ3v) is 5.89. The zero-order valence-corrected chi connectivity index (χ0v) is 16.9. The van der Waals surface area contributed by atoms with Crippen LogP contribution in [0.1, 0.15) is 34.8 Å². The predicted molar refractivity (Wildman–Crippen MR) is 108 cm³/mol. The van der Waals surface area contributed by atoms with E-state index in [4.69, 9.17) is 9.47 Å². The minimum Gasteiger partial charge on any atom is -0.493 e. The van der Waals surface area contributed by atoms with Gasteiger partial charge < -0.3 is 14.4 Å². The lowest BCUT2D eigenvalue weighted by Crippen LogP contribution is -2.28. The molecule has 0 fully saturated rings. The number of hydrogen-bond acceptors (Lipinski definition) is 4. The number of ether oxygens (including phenoxy) is 2. The molecule has 0 spiro atoms. The molecule has 25 heavy (non-hydrogen) atoms. The van der Waals surface area contributed by atoms with Crippen LogP contribution in [0.15, 0.2) is 29.6 Å². The van der Waals surface area contributed by atoms with E-state index in [0.29, 0.717) is 5.92 Å². The summed E-state index contributed by atoms with van der Waals surface area (Å²) >= 11 is 1.85. The molecule has 5 heteroatoms. The summed E-state index contributed by atoms with van der Waals surface area (Å²) in [5, 5.41) is 2.16. The molecule has 2 aromatic rings. The van der Waals surface area contributed by atoms with Crippen molar-refractivity contribution in [2.45, 2.75) is 31.6 Å². The monoisotopic (exact) mass is 381 g/mol. The van der Waals surface area contributed by atoms with Crippen molar-refractivity contribution in [3.05, 3.63) is 45.6 Å². The first-order chi connectivity index (χ1) is 11.7. The molecule has 1 aromatic heterocycles. The molecule has 1 heterocycles. The van der Waals surface area contributed by atoms with Gasteiger partial charge in [-0.3, -0.25) is 0 Å². The van der Waals surface area contributed by atoms with Crippen LogP contribution in [0, 0.1) is 0 Å². The van der Waals surface area contributed by atoms with E-state index in [0.717, 1.165) is 37.4 Å². The van der Waals surface area contributed by atoms with Crippen molar-refractivity contribution in [1.82, 2.24) is 4.90 Å². The second-order valence-corrected chi connectivity index (χ2v) is 7.58. The molecule has 3 nitrogen and oxygen atoms in total. The van der Waals surface area contributed by atoms with Crippen LogP contribution >= 0.6 is 23.7 Å². The average Bonchev–Trinajstić information content (AvgIpc) is 3.12. The first-order valence-electron chi connectivity index (χ1n) is 8.67. The summed E-state index contributed by atoms with van der Waals surface area (Å²) in [5.74, 6) is 2.37. The molecule has 0 aliphatic heterocycles. The average molecular weight is 382 g/mol.